The highest BCUT2D eigenvalue weighted by molar-refractivity contribution is 5.77. The summed E-state index contributed by atoms with van der Waals surface area (Å²) in [5.41, 5.74) is 0.986. The normalized spacial score (nSPS) is 20.1. The second-order valence-corrected chi connectivity index (χ2v) is 5.07. The van der Waals surface area contributed by atoms with E-state index in [-0.39, 0.29) is 11.4 Å². The molecule has 92 valence electrons. The average Bonchev–Trinajstić information content (AvgIpc) is 2.43. The fourth-order valence-corrected chi connectivity index (χ4v) is 2.13. The Balaban J connectivity index is 2.18. The zero-order valence-electron chi connectivity index (χ0n) is 10.4. The lowest BCUT2D eigenvalue weighted by atomic mass is 10.0. The summed E-state index contributed by atoms with van der Waals surface area (Å²) < 4.78 is 0. The molecule has 0 unspecified atom stereocenters. The van der Waals surface area contributed by atoms with Crippen LogP contribution in [0.15, 0.2) is 24.5 Å². The van der Waals surface area contributed by atoms with Crippen LogP contribution in [0.2, 0.25) is 0 Å². The Morgan fingerprint density at radius 1 is 1.41 bits per heavy atom. The van der Waals surface area contributed by atoms with Crippen LogP contribution in [0, 0.1) is 0 Å². The molecule has 0 bridgehead atoms. The molecule has 1 fully saturated rings. The zero-order chi connectivity index (χ0) is 12.3. The predicted octanol–water partition coefficient (Wildman–Crippen LogP) is 1.18. The lowest BCUT2D eigenvalue weighted by Crippen LogP contribution is -2.50. The van der Waals surface area contributed by atoms with E-state index < -0.39 is 0 Å². The van der Waals surface area contributed by atoms with Crippen LogP contribution in [-0.2, 0) is 11.3 Å². The standard InChI is InChI=1S/C13H19N3O/c1-13(2)10-15-8-5-12(17)16(13)9-11-3-6-14-7-4-11/h3-4,6-7,15H,5,8-10H2,1-2H3. The van der Waals surface area contributed by atoms with Crippen LogP contribution in [0.1, 0.15) is 25.8 Å². The summed E-state index contributed by atoms with van der Waals surface area (Å²) in [6.07, 6.45) is 4.11. The summed E-state index contributed by atoms with van der Waals surface area (Å²) in [5, 5.41) is 3.31. The Hall–Kier alpha value is -1.42. The van der Waals surface area contributed by atoms with E-state index in [9.17, 15) is 4.79 Å². The minimum atomic E-state index is -0.142. The Kier molecular flexibility index (Phi) is 3.43. The number of carbonyl (C=O) groups is 1. The summed E-state index contributed by atoms with van der Waals surface area (Å²) in [6, 6.07) is 3.92. The number of pyridine rings is 1. The molecule has 1 saturated heterocycles. The smallest absolute Gasteiger partial charge is 0.224 e. The summed E-state index contributed by atoms with van der Waals surface area (Å²) in [7, 11) is 0. The topological polar surface area (TPSA) is 45.2 Å². The number of aromatic nitrogens is 1. The number of amides is 1. The highest BCUT2D eigenvalue weighted by atomic mass is 16.2. The van der Waals surface area contributed by atoms with Crippen LogP contribution in [0.25, 0.3) is 0 Å². The predicted molar refractivity (Wildman–Crippen MR) is 66.4 cm³/mol. The summed E-state index contributed by atoms with van der Waals surface area (Å²) >= 11 is 0. The van der Waals surface area contributed by atoms with Crippen molar-refractivity contribution in [2.45, 2.75) is 32.4 Å². The van der Waals surface area contributed by atoms with Gasteiger partial charge in [0.05, 0.1) is 5.54 Å². The van der Waals surface area contributed by atoms with E-state index >= 15 is 0 Å². The third-order valence-corrected chi connectivity index (χ3v) is 3.20. The van der Waals surface area contributed by atoms with Crippen LogP contribution in [0.4, 0.5) is 0 Å². The molecule has 0 saturated carbocycles. The van der Waals surface area contributed by atoms with Crippen molar-refractivity contribution in [2.75, 3.05) is 13.1 Å². The molecule has 0 atom stereocenters. The van der Waals surface area contributed by atoms with E-state index in [1.807, 2.05) is 17.0 Å². The molecule has 1 aliphatic rings. The maximum atomic E-state index is 12.1. The van der Waals surface area contributed by atoms with Crippen molar-refractivity contribution in [2.24, 2.45) is 0 Å². The molecule has 0 radical (unpaired) electrons. The maximum absolute atomic E-state index is 12.1. The number of hydrogen-bond acceptors (Lipinski definition) is 3. The van der Waals surface area contributed by atoms with Gasteiger partial charge in [0.1, 0.15) is 0 Å². The highest BCUT2D eigenvalue weighted by Crippen LogP contribution is 2.20. The number of carbonyl (C=O) groups excluding carboxylic acids is 1. The highest BCUT2D eigenvalue weighted by Gasteiger charge is 2.32. The molecular weight excluding hydrogens is 214 g/mol. The number of hydrogen-bond donors (Lipinski definition) is 1. The lowest BCUT2D eigenvalue weighted by molar-refractivity contribution is -0.135. The van der Waals surface area contributed by atoms with Crippen molar-refractivity contribution in [1.82, 2.24) is 15.2 Å². The molecule has 0 aliphatic carbocycles. The molecule has 2 heterocycles. The lowest BCUT2D eigenvalue weighted by Gasteiger charge is -2.37. The Bertz CT molecular complexity index is 389. The second-order valence-electron chi connectivity index (χ2n) is 5.07. The molecule has 4 heteroatoms. The summed E-state index contributed by atoms with van der Waals surface area (Å²) in [5.74, 6) is 0.219. The monoisotopic (exact) mass is 233 g/mol. The van der Waals surface area contributed by atoms with E-state index in [0.717, 1.165) is 18.7 Å². The van der Waals surface area contributed by atoms with Gasteiger partial charge >= 0.3 is 0 Å². The molecule has 1 aromatic rings. The van der Waals surface area contributed by atoms with Gasteiger partial charge in [-0.2, -0.15) is 0 Å². The van der Waals surface area contributed by atoms with E-state index in [4.69, 9.17) is 0 Å². The molecule has 0 spiro atoms. The largest absolute Gasteiger partial charge is 0.332 e. The molecule has 1 N–H and O–H groups in total. The van der Waals surface area contributed by atoms with Crippen molar-refractivity contribution < 1.29 is 4.79 Å². The molecule has 2 rings (SSSR count). The van der Waals surface area contributed by atoms with Gasteiger partial charge in [-0.3, -0.25) is 9.78 Å². The Labute approximate surface area is 102 Å². The van der Waals surface area contributed by atoms with Crippen molar-refractivity contribution in [1.29, 1.82) is 0 Å². The maximum Gasteiger partial charge on any atom is 0.224 e. The molecule has 0 aromatic carbocycles. The van der Waals surface area contributed by atoms with Gasteiger partial charge in [0, 0.05) is 38.4 Å². The fraction of sp³-hybridized carbons (Fsp3) is 0.538. The second kappa shape index (κ2) is 4.84. The minimum Gasteiger partial charge on any atom is -0.332 e. The van der Waals surface area contributed by atoms with Gasteiger partial charge < -0.3 is 10.2 Å². The number of nitrogens with zero attached hydrogens (tertiary/aromatic N) is 2. The van der Waals surface area contributed by atoms with Crippen molar-refractivity contribution in [3.63, 3.8) is 0 Å². The van der Waals surface area contributed by atoms with Gasteiger partial charge in [-0.15, -0.1) is 0 Å². The molecule has 1 aliphatic heterocycles. The minimum absolute atomic E-state index is 0.142. The zero-order valence-corrected chi connectivity index (χ0v) is 10.4. The van der Waals surface area contributed by atoms with Crippen LogP contribution >= 0.6 is 0 Å². The number of rotatable bonds is 2. The van der Waals surface area contributed by atoms with Gasteiger partial charge in [0.15, 0.2) is 0 Å². The van der Waals surface area contributed by atoms with Gasteiger partial charge in [0.25, 0.3) is 0 Å². The first-order chi connectivity index (χ1) is 8.09. The number of nitrogens with one attached hydrogen (secondary N) is 1. The molecule has 1 aromatic heterocycles. The first-order valence-electron chi connectivity index (χ1n) is 6.00. The molecule has 17 heavy (non-hydrogen) atoms. The summed E-state index contributed by atoms with van der Waals surface area (Å²) in [4.78, 5) is 18.1. The van der Waals surface area contributed by atoms with Gasteiger partial charge in [-0.25, -0.2) is 0 Å². The Morgan fingerprint density at radius 3 is 2.82 bits per heavy atom. The van der Waals surface area contributed by atoms with E-state index in [1.54, 1.807) is 12.4 Å². The van der Waals surface area contributed by atoms with Crippen molar-refractivity contribution >= 4 is 5.91 Å². The fourth-order valence-electron chi connectivity index (χ4n) is 2.13. The average molecular weight is 233 g/mol. The van der Waals surface area contributed by atoms with Crippen molar-refractivity contribution in [3.05, 3.63) is 30.1 Å². The van der Waals surface area contributed by atoms with Gasteiger partial charge in [0.2, 0.25) is 5.91 Å². The summed E-state index contributed by atoms with van der Waals surface area (Å²) in [6.45, 7) is 6.48. The van der Waals surface area contributed by atoms with Crippen LogP contribution < -0.4 is 5.32 Å². The molecular formula is C13H19N3O. The van der Waals surface area contributed by atoms with E-state index in [0.29, 0.717) is 13.0 Å². The first kappa shape index (κ1) is 12.0. The third-order valence-electron chi connectivity index (χ3n) is 3.20. The van der Waals surface area contributed by atoms with Crippen molar-refractivity contribution in [3.8, 4) is 0 Å². The Morgan fingerprint density at radius 2 is 2.12 bits per heavy atom. The first-order valence-corrected chi connectivity index (χ1v) is 6.00. The van der Waals surface area contributed by atoms with E-state index in [1.165, 1.54) is 0 Å². The van der Waals surface area contributed by atoms with Crippen LogP contribution in [-0.4, -0.2) is 34.4 Å². The van der Waals surface area contributed by atoms with Gasteiger partial charge in [-0.05, 0) is 31.5 Å². The SMILES string of the molecule is CC1(C)CNCCC(=O)N1Cc1ccncc1. The van der Waals surface area contributed by atoms with E-state index in [2.05, 4.69) is 24.1 Å². The quantitative estimate of drug-likeness (QED) is 0.834. The molecule has 4 nitrogen and oxygen atoms in total. The third kappa shape index (κ3) is 2.82. The van der Waals surface area contributed by atoms with Crippen LogP contribution in [0.3, 0.4) is 0 Å². The molecule has 1 amide bonds. The van der Waals surface area contributed by atoms with Crippen LogP contribution in [0.5, 0.6) is 0 Å². The van der Waals surface area contributed by atoms with Gasteiger partial charge in [-0.1, -0.05) is 0 Å².